The van der Waals surface area contributed by atoms with Gasteiger partial charge in [0.1, 0.15) is 0 Å². The zero-order valence-electron chi connectivity index (χ0n) is 12.8. The molecule has 0 spiro atoms. The van der Waals surface area contributed by atoms with E-state index in [0.29, 0.717) is 11.8 Å². The van der Waals surface area contributed by atoms with E-state index in [0.717, 1.165) is 43.3 Å². The van der Waals surface area contributed by atoms with Gasteiger partial charge in [-0.05, 0) is 13.5 Å². The van der Waals surface area contributed by atoms with Gasteiger partial charge in [-0.1, -0.05) is 6.92 Å². The third-order valence-electron chi connectivity index (χ3n) is 4.04. The van der Waals surface area contributed by atoms with Crippen LogP contribution in [0.25, 0.3) is 0 Å². The second-order valence-electron chi connectivity index (χ2n) is 5.19. The number of nitrogens with two attached hydrogens (primary N) is 1. The van der Waals surface area contributed by atoms with Gasteiger partial charge in [0, 0.05) is 37.8 Å². The van der Waals surface area contributed by atoms with Gasteiger partial charge in [-0.15, -0.1) is 0 Å². The molecule has 1 aromatic carbocycles. The molecule has 0 radical (unpaired) electrons. The Morgan fingerprint density at radius 3 is 2.40 bits per heavy atom. The Bertz CT molecular complexity index is 465. The van der Waals surface area contributed by atoms with Crippen molar-refractivity contribution in [2.75, 3.05) is 51.0 Å². The van der Waals surface area contributed by atoms with Gasteiger partial charge in [-0.3, -0.25) is 4.90 Å². The zero-order chi connectivity index (χ0) is 14.7. The van der Waals surface area contributed by atoms with Crippen LogP contribution < -0.4 is 20.1 Å². The van der Waals surface area contributed by atoms with Crippen LogP contribution in [0.15, 0.2) is 12.1 Å². The van der Waals surface area contributed by atoms with Crippen LogP contribution in [0.3, 0.4) is 0 Å². The van der Waals surface area contributed by atoms with Gasteiger partial charge in [0.15, 0.2) is 11.5 Å². The maximum Gasteiger partial charge on any atom is 0.162 e. The monoisotopic (exact) mass is 279 g/mol. The Kier molecular flexibility index (Phi) is 4.60. The Morgan fingerprint density at radius 2 is 1.85 bits per heavy atom. The first kappa shape index (κ1) is 14.8. The highest BCUT2D eigenvalue weighted by atomic mass is 16.5. The number of likely N-dealkylation sites (N-methyl/N-ethyl adjacent to an activating group) is 1. The minimum absolute atomic E-state index is 0.529. The lowest BCUT2D eigenvalue weighted by Gasteiger charge is -2.41. The molecule has 0 aromatic heterocycles. The van der Waals surface area contributed by atoms with E-state index in [2.05, 4.69) is 23.6 Å². The van der Waals surface area contributed by atoms with Crippen LogP contribution in [0.1, 0.15) is 13.8 Å². The summed E-state index contributed by atoms with van der Waals surface area (Å²) in [5, 5.41) is 0. The first-order valence-electron chi connectivity index (χ1n) is 7.11. The van der Waals surface area contributed by atoms with Crippen LogP contribution in [0.5, 0.6) is 11.5 Å². The van der Waals surface area contributed by atoms with E-state index in [1.807, 2.05) is 12.1 Å². The SMILES string of the molecule is CCN1CCN(c2cc(OC)c(OC)cc2N)CC1C. The van der Waals surface area contributed by atoms with Gasteiger partial charge < -0.3 is 20.1 Å². The average molecular weight is 279 g/mol. The number of nitrogen functional groups attached to an aromatic ring is 1. The number of methoxy groups -OCH3 is 2. The lowest BCUT2D eigenvalue weighted by atomic mass is 10.1. The highest BCUT2D eigenvalue weighted by Crippen LogP contribution is 2.37. The fraction of sp³-hybridized carbons (Fsp3) is 0.600. The average Bonchev–Trinajstić information content (AvgIpc) is 2.46. The lowest BCUT2D eigenvalue weighted by molar-refractivity contribution is 0.199. The number of benzene rings is 1. The molecule has 0 bridgehead atoms. The summed E-state index contributed by atoms with van der Waals surface area (Å²) in [5.74, 6) is 1.40. The molecule has 1 aliphatic heterocycles. The molecule has 1 atom stereocenters. The van der Waals surface area contributed by atoms with E-state index in [1.54, 1.807) is 14.2 Å². The molecule has 0 saturated carbocycles. The minimum atomic E-state index is 0.529. The summed E-state index contributed by atoms with van der Waals surface area (Å²) in [7, 11) is 3.27. The van der Waals surface area contributed by atoms with Crippen molar-refractivity contribution < 1.29 is 9.47 Å². The van der Waals surface area contributed by atoms with Gasteiger partial charge in [0.2, 0.25) is 0 Å². The molecule has 1 fully saturated rings. The van der Waals surface area contributed by atoms with Gasteiger partial charge in [0.25, 0.3) is 0 Å². The van der Waals surface area contributed by atoms with E-state index < -0.39 is 0 Å². The summed E-state index contributed by atoms with van der Waals surface area (Å²) < 4.78 is 10.7. The van der Waals surface area contributed by atoms with Crippen molar-refractivity contribution in [1.82, 2.24) is 4.90 Å². The molecule has 2 rings (SSSR count). The molecule has 5 nitrogen and oxygen atoms in total. The molecule has 2 N–H and O–H groups in total. The Hall–Kier alpha value is -1.62. The van der Waals surface area contributed by atoms with Crippen molar-refractivity contribution in [3.05, 3.63) is 12.1 Å². The van der Waals surface area contributed by atoms with Gasteiger partial charge in [-0.2, -0.15) is 0 Å². The van der Waals surface area contributed by atoms with Crippen molar-refractivity contribution in [1.29, 1.82) is 0 Å². The van der Waals surface area contributed by atoms with Gasteiger partial charge >= 0.3 is 0 Å². The number of ether oxygens (including phenoxy) is 2. The van der Waals surface area contributed by atoms with Crippen LogP contribution in [0.2, 0.25) is 0 Å². The quantitative estimate of drug-likeness (QED) is 0.852. The number of nitrogens with zero attached hydrogens (tertiary/aromatic N) is 2. The number of rotatable bonds is 4. The number of hydrogen-bond acceptors (Lipinski definition) is 5. The van der Waals surface area contributed by atoms with Crippen LogP contribution >= 0.6 is 0 Å². The van der Waals surface area contributed by atoms with E-state index >= 15 is 0 Å². The fourth-order valence-electron chi connectivity index (χ4n) is 2.84. The second kappa shape index (κ2) is 6.22. The molecular weight excluding hydrogens is 254 g/mol. The van der Waals surface area contributed by atoms with Crippen LogP contribution in [0, 0.1) is 0 Å². The first-order chi connectivity index (χ1) is 9.60. The molecule has 1 saturated heterocycles. The minimum Gasteiger partial charge on any atom is -0.493 e. The van der Waals surface area contributed by atoms with Crippen LogP contribution in [-0.4, -0.2) is 51.3 Å². The highest BCUT2D eigenvalue weighted by molar-refractivity contribution is 5.73. The summed E-state index contributed by atoms with van der Waals surface area (Å²) in [5.41, 5.74) is 7.94. The molecule has 1 aliphatic rings. The molecule has 1 unspecified atom stereocenters. The molecule has 5 heteroatoms. The second-order valence-corrected chi connectivity index (χ2v) is 5.19. The van der Waals surface area contributed by atoms with Crippen molar-refractivity contribution >= 4 is 11.4 Å². The lowest BCUT2D eigenvalue weighted by Crippen LogP contribution is -2.51. The molecule has 1 heterocycles. The molecule has 1 aromatic rings. The third-order valence-corrected chi connectivity index (χ3v) is 4.04. The van der Waals surface area contributed by atoms with Crippen LogP contribution in [-0.2, 0) is 0 Å². The summed E-state index contributed by atoms with van der Waals surface area (Å²) >= 11 is 0. The zero-order valence-corrected chi connectivity index (χ0v) is 12.8. The van der Waals surface area contributed by atoms with Gasteiger partial charge in [-0.25, -0.2) is 0 Å². The maximum absolute atomic E-state index is 6.17. The fourth-order valence-corrected chi connectivity index (χ4v) is 2.84. The Labute approximate surface area is 121 Å². The molecule has 20 heavy (non-hydrogen) atoms. The summed E-state index contributed by atoms with van der Waals surface area (Å²) in [6.45, 7) is 8.58. The number of anilines is 2. The molecule has 112 valence electrons. The third kappa shape index (κ3) is 2.77. The van der Waals surface area contributed by atoms with Crippen molar-refractivity contribution in [2.24, 2.45) is 0 Å². The predicted molar refractivity (Wildman–Crippen MR) is 82.9 cm³/mol. The Morgan fingerprint density at radius 1 is 1.20 bits per heavy atom. The van der Waals surface area contributed by atoms with Crippen molar-refractivity contribution in [3.63, 3.8) is 0 Å². The smallest absolute Gasteiger partial charge is 0.162 e. The number of hydrogen-bond donors (Lipinski definition) is 1. The maximum atomic E-state index is 6.17. The molecular formula is C15H25N3O2. The summed E-state index contributed by atoms with van der Waals surface area (Å²) in [6.07, 6.45) is 0. The normalized spacial score (nSPS) is 20.0. The van der Waals surface area contributed by atoms with Gasteiger partial charge in [0.05, 0.1) is 25.6 Å². The van der Waals surface area contributed by atoms with E-state index in [-0.39, 0.29) is 0 Å². The van der Waals surface area contributed by atoms with E-state index in [4.69, 9.17) is 15.2 Å². The predicted octanol–water partition coefficient (Wildman–Crippen LogP) is 1.82. The molecule has 0 amide bonds. The molecule has 0 aliphatic carbocycles. The standard InChI is InChI=1S/C15H25N3O2/c1-5-17-6-7-18(10-11(17)2)13-9-15(20-4)14(19-3)8-12(13)16/h8-9,11H,5-7,10,16H2,1-4H3. The van der Waals surface area contributed by atoms with E-state index in [1.165, 1.54) is 0 Å². The summed E-state index contributed by atoms with van der Waals surface area (Å²) in [4.78, 5) is 4.81. The number of piperazine rings is 1. The summed E-state index contributed by atoms with van der Waals surface area (Å²) in [6, 6.07) is 4.34. The first-order valence-corrected chi connectivity index (χ1v) is 7.11. The van der Waals surface area contributed by atoms with Crippen molar-refractivity contribution in [3.8, 4) is 11.5 Å². The van der Waals surface area contributed by atoms with E-state index in [9.17, 15) is 0 Å². The van der Waals surface area contributed by atoms with Crippen molar-refractivity contribution in [2.45, 2.75) is 19.9 Å². The largest absolute Gasteiger partial charge is 0.493 e. The Balaban J connectivity index is 2.25. The topological polar surface area (TPSA) is 51.0 Å². The highest BCUT2D eigenvalue weighted by Gasteiger charge is 2.24. The van der Waals surface area contributed by atoms with Crippen LogP contribution in [0.4, 0.5) is 11.4 Å².